The second-order valence-corrected chi connectivity index (χ2v) is 7.84. The minimum absolute atomic E-state index is 0.159. The number of carbonyl (C=O) groups is 2. The molecule has 0 radical (unpaired) electrons. The maximum absolute atomic E-state index is 12.5. The second kappa shape index (κ2) is 9.61. The summed E-state index contributed by atoms with van der Waals surface area (Å²) in [7, 11) is 0. The van der Waals surface area contributed by atoms with Gasteiger partial charge in [-0.1, -0.05) is 30.3 Å². The predicted octanol–water partition coefficient (Wildman–Crippen LogP) is 4.33. The molecule has 1 aromatic heterocycles. The van der Waals surface area contributed by atoms with Gasteiger partial charge in [-0.2, -0.15) is 0 Å². The lowest BCUT2D eigenvalue weighted by Crippen LogP contribution is -2.33. The van der Waals surface area contributed by atoms with E-state index in [1.54, 1.807) is 13.0 Å². The Kier molecular flexibility index (Phi) is 6.95. The average Bonchev–Trinajstić information content (AvgIpc) is 3.05. The molecule has 0 spiro atoms. The molecule has 1 amide bonds. The van der Waals surface area contributed by atoms with Gasteiger partial charge in [-0.15, -0.1) is 11.3 Å². The molecule has 2 N–H and O–H groups in total. The highest BCUT2D eigenvalue weighted by atomic mass is 32.1. The van der Waals surface area contributed by atoms with Crippen LogP contribution in [-0.4, -0.2) is 23.6 Å². The Balaban J connectivity index is 1.69. The van der Waals surface area contributed by atoms with Gasteiger partial charge in [0.1, 0.15) is 5.00 Å². The quantitative estimate of drug-likeness (QED) is 0.433. The van der Waals surface area contributed by atoms with Crippen LogP contribution in [0.1, 0.15) is 46.1 Å². The average molecular weight is 415 g/mol. The van der Waals surface area contributed by atoms with Crippen LogP contribution < -0.4 is 10.6 Å². The zero-order valence-corrected chi connectivity index (χ0v) is 17.3. The summed E-state index contributed by atoms with van der Waals surface area (Å²) in [6.07, 6.45) is 7.12. The van der Waals surface area contributed by atoms with Crippen LogP contribution in [0.15, 0.2) is 36.4 Å². The van der Waals surface area contributed by atoms with Crippen molar-refractivity contribution in [2.45, 2.75) is 32.6 Å². The van der Waals surface area contributed by atoms with E-state index in [0.717, 1.165) is 36.8 Å². The first kappa shape index (κ1) is 20.2. The van der Waals surface area contributed by atoms with Crippen molar-refractivity contribution in [3.8, 4) is 0 Å². The highest BCUT2D eigenvalue weighted by molar-refractivity contribution is 7.80. The first-order chi connectivity index (χ1) is 13.6. The van der Waals surface area contributed by atoms with Crippen LogP contribution in [-0.2, 0) is 22.4 Å². The molecule has 1 aliphatic carbocycles. The third-order valence-corrected chi connectivity index (χ3v) is 5.75. The summed E-state index contributed by atoms with van der Waals surface area (Å²) in [5, 5.41) is 6.45. The van der Waals surface area contributed by atoms with Gasteiger partial charge in [0, 0.05) is 11.0 Å². The molecule has 0 saturated heterocycles. The molecule has 1 heterocycles. The van der Waals surface area contributed by atoms with Crippen molar-refractivity contribution in [2.75, 3.05) is 11.9 Å². The molecule has 7 heteroatoms. The number of fused-ring (bicyclic) bond motifs is 1. The molecular formula is C21H22N2O3S2. The Hall–Kier alpha value is -2.51. The van der Waals surface area contributed by atoms with Gasteiger partial charge in [-0.25, -0.2) is 4.79 Å². The van der Waals surface area contributed by atoms with Crippen molar-refractivity contribution >= 4 is 51.6 Å². The Morgan fingerprint density at radius 3 is 2.71 bits per heavy atom. The van der Waals surface area contributed by atoms with Crippen LogP contribution in [0.4, 0.5) is 5.00 Å². The monoisotopic (exact) mass is 414 g/mol. The lowest BCUT2D eigenvalue weighted by atomic mass is 9.95. The van der Waals surface area contributed by atoms with Crippen LogP contribution >= 0.6 is 23.6 Å². The van der Waals surface area contributed by atoms with Crippen LogP contribution in [0.5, 0.6) is 0 Å². The molecule has 1 aromatic carbocycles. The van der Waals surface area contributed by atoms with Gasteiger partial charge >= 0.3 is 5.97 Å². The lowest BCUT2D eigenvalue weighted by Gasteiger charge is -2.12. The first-order valence-corrected chi connectivity index (χ1v) is 10.5. The van der Waals surface area contributed by atoms with Gasteiger partial charge in [0.15, 0.2) is 5.11 Å². The Bertz CT molecular complexity index is 904. The highest BCUT2D eigenvalue weighted by Crippen LogP contribution is 2.38. The summed E-state index contributed by atoms with van der Waals surface area (Å²) >= 11 is 6.79. The fourth-order valence-corrected chi connectivity index (χ4v) is 4.65. The van der Waals surface area contributed by atoms with E-state index in [4.69, 9.17) is 17.0 Å². The SMILES string of the molecule is CCOC(=O)c1c(NC(=S)NC(=O)C=Cc2ccccc2)sc2c1CCCC2. The van der Waals surface area contributed by atoms with E-state index in [0.29, 0.717) is 17.2 Å². The molecule has 0 atom stereocenters. The van der Waals surface area contributed by atoms with Gasteiger partial charge in [-0.05, 0) is 62.0 Å². The molecule has 5 nitrogen and oxygen atoms in total. The first-order valence-electron chi connectivity index (χ1n) is 9.25. The number of esters is 1. The summed E-state index contributed by atoms with van der Waals surface area (Å²) in [6.45, 7) is 2.10. The van der Waals surface area contributed by atoms with Gasteiger partial charge in [0.25, 0.3) is 0 Å². The predicted molar refractivity (Wildman–Crippen MR) is 117 cm³/mol. The van der Waals surface area contributed by atoms with Crippen molar-refractivity contribution in [2.24, 2.45) is 0 Å². The lowest BCUT2D eigenvalue weighted by molar-refractivity contribution is -0.115. The number of nitrogens with one attached hydrogen (secondary N) is 2. The van der Waals surface area contributed by atoms with E-state index >= 15 is 0 Å². The van der Waals surface area contributed by atoms with Gasteiger partial charge < -0.3 is 10.1 Å². The summed E-state index contributed by atoms with van der Waals surface area (Å²) in [6, 6.07) is 9.53. The maximum atomic E-state index is 12.5. The fourth-order valence-electron chi connectivity index (χ4n) is 3.10. The molecule has 1 aliphatic rings. The van der Waals surface area contributed by atoms with Crippen LogP contribution in [0.25, 0.3) is 6.08 Å². The Morgan fingerprint density at radius 1 is 1.21 bits per heavy atom. The van der Waals surface area contributed by atoms with Crippen molar-refractivity contribution in [1.82, 2.24) is 5.32 Å². The standard InChI is InChI=1S/C21H22N2O3S2/c1-2-26-20(25)18-15-10-6-7-11-16(15)28-19(18)23-21(27)22-17(24)13-12-14-8-4-3-5-9-14/h3-5,8-9,12-13H,2,6-7,10-11H2,1H3,(H2,22,23,24,27). The number of hydrogen-bond donors (Lipinski definition) is 2. The number of ether oxygens (including phenoxy) is 1. The molecule has 0 bridgehead atoms. The van der Waals surface area contributed by atoms with Crippen molar-refractivity contribution < 1.29 is 14.3 Å². The molecular weight excluding hydrogens is 392 g/mol. The zero-order valence-electron chi connectivity index (χ0n) is 15.6. The van der Waals surface area contributed by atoms with E-state index in [1.165, 1.54) is 22.3 Å². The fraction of sp³-hybridized carbons (Fsp3) is 0.286. The third-order valence-electron chi connectivity index (χ3n) is 4.34. The van der Waals surface area contributed by atoms with E-state index in [9.17, 15) is 9.59 Å². The number of anilines is 1. The van der Waals surface area contributed by atoms with E-state index in [2.05, 4.69) is 10.6 Å². The minimum Gasteiger partial charge on any atom is -0.462 e. The Labute approximate surface area is 173 Å². The second-order valence-electron chi connectivity index (χ2n) is 6.32. The normalized spacial score (nSPS) is 13.0. The number of thiocarbonyl (C=S) groups is 1. The molecule has 0 fully saturated rings. The Morgan fingerprint density at radius 2 is 1.96 bits per heavy atom. The van der Waals surface area contributed by atoms with Crippen LogP contribution in [0.3, 0.4) is 0 Å². The van der Waals surface area contributed by atoms with Crippen molar-refractivity contribution in [3.63, 3.8) is 0 Å². The number of aryl methyl sites for hydroxylation is 1. The zero-order chi connectivity index (χ0) is 19.9. The topological polar surface area (TPSA) is 67.4 Å². The van der Waals surface area contributed by atoms with E-state index in [1.807, 2.05) is 30.3 Å². The highest BCUT2D eigenvalue weighted by Gasteiger charge is 2.26. The smallest absolute Gasteiger partial charge is 0.341 e. The number of carbonyl (C=O) groups excluding carboxylic acids is 2. The molecule has 0 saturated carbocycles. The van der Waals surface area contributed by atoms with E-state index < -0.39 is 0 Å². The number of amides is 1. The summed E-state index contributed by atoms with van der Waals surface area (Å²) in [5.74, 6) is -0.678. The van der Waals surface area contributed by atoms with Crippen LogP contribution in [0, 0.1) is 0 Å². The maximum Gasteiger partial charge on any atom is 0.341 e. The number of hydrogen-bond acceptors (Lipinski definition) is 5. The summed E-state index contributed by atoms with van der Waals surface area (Å²) in [5.41, 5.74) is 2.53. The number of benzene rings is 1. The van der Waals surface area contributed by atoms with Gasteiger partial charge in [0.05, 0.1) is 12.2 Å². The third kappa shape index (κ3) is 5.05. The molecule has 146 valence electrons. The van der Waals surface area contributed by atoms with Gasteiger partial charge in [-0.3, -0.25) is 10.1 Å². The van der Waals surface area contributed by atoms with E-state index in [-0.39, 0.29) is 17.0 Å². The van der Waals surface area contributed by atoms with Crippen molar-refractivity contribution in [1.29, 1.82) is 0 Å². The number of thiophene rings is 1. The van der Waals surface area contributed by atoms with Crippen LogP contribution in [0.2, 0.25) is 0 Å². The van der Waals surface area contributed by atoms with Crippen molar-refractivity contribution in [3.05, 3.63) is 58.0 Å². The largest absolute Gasteiger partial charge is 0.462 e. The minimum atomic E-state index is -0.345. The molecule has 0 aliphatic heterocycles. The summed E-state index contributed by atoms with van der Waals surface area (Å²) in [4.78, 5) is 25.8. The summed E-state index contributed by atoms with van der Waals surface area (Å²) < 4.78 is 5.23. The number of rotatable bonds is 5. The molecule has 2 aromatic rings. The molecule has 28 heavy (non-hydrogen) atoms. The molecule has 3 rings (SSSR count). The molecule has 0 unspecified atom stereocenters. The van der Waals surface area contributed by atoms with Gasteiger partial charge in [0.2, 0.25) is 5.91 Å².